The number of anilines is 1. The second-order valence-electron chi connectivity index (χ2n) is 7.66. The molecule has 0 atom stereocenters. The van der Waals surface area contributed by atoms with Crippen molar-refractivity contribution in [1.29, 1.82) is 0 Å². The highest BCUT2D eigenvalue weighted by atomic mass is 16.1. The average molecular weight is 389 g/mol. The predicted octanol–water partition coefficient (Wildman–Crippen LogP) is 4.90. The number of aromatic nitrogens is 3. The molecule has 1 N–H and O–H groups in total. The van der Waals surface area contributed by atoms with Gasteiger partial charge in [0.05, 0.1) is 17.8 Å². The summed E-state index contributed by atoms with van der Waals surface area (Å²) in [6.07, 6.45) is 6.03. The Bertz CT molecular complexity index is 1000. The maximum Gasteiger partial charge on any atom is 0.228 e. The van der Waals surface area contributed by atoms with E-state index < -0.39 is 0 Å². The molecule has 5 heteroatoms. The zero-order valence-electron chi connectivity index (χ0n) is 17.5. The number of amides is 1. The van der Waals surface area contributed by atoms with E-state index in [2.05, 4.69) is 29.2 Å². The first-order chi connectivity index (χ1) is 13.9. The number of hydrogen-bond donors (Lipinski definition) is 1. The minimum atomic E-state index is -0.0360. The fraction of sp³-hybridized carbons (Fsp3) is 0.292. The third-order valence-electron chi connectivity index (χ3n) is 4.71. The Morgan fingerprint density at radius 3 is 2.69 bits per heavy atom. The Morgan fingerprint density at radius 1 is 1.14 bits per heavy atom. The second-order valence-corrected chi connectivity index (χ2v) is 7.66. The highest BCUT2D eigenvalue weighted by molar-refractivity contribution is 5.93. The monoisotopic (exact) mass is 388 g/mol. The van der Waals surface area contributed by atoms with Crippen LogP contribution in [0.5, 0.6) is 0 Å². The molecule has 5 nitrogen and oxygen atoms in total. The lowest BCUT2D eigenvalue weighted by molar-refractivity contribution is -0.115. The van der Waals surface area contributed by atoms with E-state index in [0.29, 0.717) is 12.3 Å². The van der Waals surface area contributed by atoms with Gasteiger partial charge in [-0.2, -0.15) is 5.10 Å². The van der Waals surface area contributed by atoms with E-state index >= 15 is 0 Å². The SMILES string of the molecule is Cc1nn(CC(C)C)c(C)c1CC(=O)Nc1cccc(C=Cc2ccccn2)c1. The van der Waals surface area contributed by atoms with Crippen molar-refractivity contribution in [3.8, 4) is 0 Å². The van der Waals surface area contributed by atoms with Gasteiger partial charge < -0.3 is 5.32 Å². The average Bonchev–Trinajstić information content (AvgIpc) is 2.94. The van der Waals surface area contributed by atoms with Crippen LogP contribution in [0.15, 0.2) is 48.7 Å². The molecule has 3 rings (SSSR count). The summed E-state index contributed by atoms with van der Waals surface area (Å²) in [5.41, 5.74) is 5.68. The van der Waals surface area contributed by atoms with Gasteiger partial charge in [-0.3, -0.25) is 14.5 Å². The Morgan fingerprint density at radius 2 is 1.97 bits per heavy atom. The number of benzene rings is 1. The van der Waals surface area contributed by atoms with Crippen LogP contribution in [-0.4, -0.2) is 20.7 Å². The van der Waals surface area contributed by atoms with Crippen LogP contribution < -0.4 is 5.32 Å². The normalized spacial score (nSPS) is 11.3. The van der Waals surface area contributed by atoms with Crippen LogP contribution in [0.25, 0.3) is 12.2 Å². The zero-order valence-corrected chi connectivity index (χ0v) is 17.5. The molecule has 29 heavy (non-hydrogen) atoms. The third-order valence-corrected chi connectivity index (χ3v) is 4.71. The lowest BCUT2D eigenvalue weighted by Gasteiger charge is -2.09. The highest BCUT2D eigenvalue weighted by Gasteiger charge is 2.15. The number of nitrogens with one attached hydrogen (secondary N) is 1. The number of aryl methyl sites for hydroxylation is 1. The van der Waals surface area contributed by atoms with E-state index in [4.69, 9.17) is 0 Å². The molecule has 0 saturated heterocycles. The van der Waals surface area contributed by atoms with Crippen LogP contribution in [0.2, 0.25) is 0 Å². The summed E-state index contributed by atoms with van der Waals surface area (Å²) in [6, 6.07) is 13.6. The minimum Gasteiger partial charge on any atom is -0.326 e. The molecule has 0 aliphatic rings. The molecule has 0 saturated carbocycles. The summed E-state index contributed by atoms with van der Waals surface area (Å²) in [5, 5.41) is 7.61. The molecule has 1 amide bonds. The summed E-state index contributed by atoms with van der Waals surface area (Å²) >= 11 is 0. The molecule has 0 unspecified atom stereocenters. The molecule has 0 aliphatic heterocycles. The van der Waals surface area contributed by atoms with Crippen LogP contribution in [0.3, 0.4) is 0 Å². The number of carbonyl (C=O) groups is 1. The van der Waals surface area contributed by atoms with E-state index in [1.165, 1.54) is 0 Å². The molecular weight excluding hydrogens is 360 g/mol. The molecule has 2 heterocycles. The molecule has 0 bridgehead atoms. The molecule has 3 aromatic rings. The van der Waals surface area contributed by atoms with Gasteiger partial charge in [-0.25, -0.2) is 0 Å². The van der Waals surface area contributed by atoms with Gasteiger partial charge in [0.15, 0.2) is 0 Å². The smallest absolute Gasteiger partial charge is 0.228 e. The van der Waals surface area contributed by atoms with E-state index in [1.807, 2.05) is 73.1 Å². The van der Waals surface area contributed by atoms with Crippen LogP contribution in [-0.2, 0) is 17.8 Å². The largest absolute Gasteiger partial charge is 0.326 e. The van der Waals surface area contributed by atoms with Gasteiger partial charge >= 0.3 is 0 Å². The Labute approximate surface area is 172 Å². The van der Waals surface area contributed by atoms with Crippen molar-refractivity contribution in [3.05, 3.63) is 76.9 Å². The standard InChI is InChI=1S/C24H28N4O/c1-17(2)16-28-19(4)23(18(3)27-28)15-24(29)26-22-10-7-8-20(14-22)11-12-21-9-5-6-13-25-21/h5-14,17H,15-16H2,1-4H3,(H,26,29). The number of rotatable bonds is 7. The van der Waals surface area contributed by atoms with Gasteiger partial charge in [0.25, 0.3) is 0 Å². The van der Waals surface area contributed by atoms with Crippen molar-refractivity contribution in [3.63, 3.8) is 0 Å². The van der Waals surface area contributed by atoms with Gasteiger partial charge in [0.1, 0.15) is 0 Å². The zero-order chi connectivity index (χ0) is 20.8. The third kappa shape index (κ3) is 5.64. The summed E-state index contributed by atoms with van der Waals surface area (Å²) in [6.45, 7) is 9.19. The van der Waals surface area contributed by atoms with Crippen molar-refractivity contribution >= 4 is 23.7 Å². The number of carbonyl (C=O) groups excluding carboxylic acids is 1. The fourth-order valence-corrected chi connectivity index (χ4v) is 3.26. The predicted molar refractivity (Wildman–Crippen MR) is 118 cm³/mol. The molecule has 0 aliphatic carbocycles. The summed E-state index contributed by atoms with van der Waals surface area (Å²) in [4.78, 5) is 16.9. The Hall–Kier alpha value is -3.21. The number of pyridine rings is 1. The molecule has 0 fully saturated rings. The van der Waals surface area contributed by atoms with E-state index in [9.17, 15) is 4.79 Å². The Kier molecular flexibility index (Phi) is 6.60. The minimum absolute atomic E-state index is 0.0360. The molecule has 0 spiro atoms. The summed E-state index contributed by atoms with van der Waals surface area (Å²) < 4.78 is 2.01. The maximum atomic E-state index is 12.6. The van der Waals surface area contributed by atoms with E-state index in [-0.39, 0.29) is 5.91 Å². The second kappa shape index (κ2) is 9.32. The molecule has 0 radical (unpaired) electrons. The lowest BCUT2D eigenvalue weighted by Crippen LogP contribution is -2.15. The van der Waals surface area contributed by atoms with E-state index in [1.54, 1.807) is 6.20 Å². The molecule has 1 aromatic carbocycles. The quantitative estimate of drug-likeness (QED) is 0.626. The van der Waals surface area contributed by atoms with Crippen LogP contribution in [0, 0.1) is 19.8 Å². The highest BCUT2D eigenvalue weighted by Crippen LogP contribution is 2.18. The first-order valence-electron chi connectivity index (χ1n) is 9.94. The van der Waals surface area contributed by atoms with Crippen molar-refractivity contribution in [2.24, 2.45) is 5.92 Å². The van der Waals surface area contributed by atoms with Gasteiger partial charge in [-0.15, -0.1) is 0 Å². The van der Waals surface area contributed by atoms with Crippen molar-refractivity contribution in [2.45, 2.75) is 40.7 Å². The van der Waals surface area contributed by atoms with Crippen molar-refractivity contribution in [2.75, 3.05) is 5.32 Å². The molecule has 2 aromatic heterocycles. The van der Waals surface area contributed by atoms with Crippen molar-refractivity contribution in [1.82, 2.24) is 14.8 Å². The maximum absolute atomic E-state index is 12.6. The number of nitrogens with zero attached hydrogens (tertiary/aromatic N) is 3. The Balaban J connectivity index is 1.67. The first kappa shape index (κ1) is 20.5. The fourth-order valence-electron chi connectivity index (χ4n) is 3.26. The van der Waals surface area contributed by atoms with Gasteiger partial charge in [0, 0.05) is 29.7 Å². The van der Waals surface area contributed by atoms with Gasteiger partial charge in [-0.05, 0) is 55.7 Å². The van der Waals surface area contributed by atoms with Crippen LogP contribution in [0.1, 0.15) is 42.1 Å². The van der Waals surface area contributed by atoms with Crippen molar-refractivity contribution < 1.29 is 4.79 Å². The van der Waals surface area contributed by atoms with Gasteiger partial charge in [-0.1, -0.05) is 38.1 Å². The summed E-state index contributed by atoms with van der Waals surface area (Å²) in [5.74, 6) is 0.475. The molecule has 150 valence electrons. The molecular formula is C24H28N4O. The summed E-state index contributed by atoms with van der Waals surface area (Å²) in [7, 11) is 0. The van der Waals surface area contributed by atoms with Gasteiger partial charge in [0.2, 0.25) is 5.91 Å². The lowest BCUT2D eigenvalue weighted by atomic mass is 10.1. The van der Waals surface area contributed by atoms with Crippen LogP contribution in [0.4, 0.5) is 5.69 Å². The van der Waals surface area contributed by atoms with Crippen LogP contribution >= 0.6 is 0 Å². The topological polar surface area (TPSA) is 59.8 Å². The number of hydrogen-bond acceptors (Lipinski definition) is 3. The first-order valence-corrected chi connectivity index (χ1v) is 9.94. The van der Waals surface area contributed by atoms with E-state index in [0.717, 1.165) is 40.4 Å².